The Morgan fingerprint density at radius 1 is 1.19 bits per heavy atom. The number of benzene rings is 2. The zero-order valence-electron chi connectivity index (χ0n) is 17.1. The van der Waals surface area contributed by atoms with Gasteiger partial charge in [-0.25, -0.2) is 4.98 Å². The van der Waals surface area contributed by atoms with Gasteiger partial charge in [0.05, 0.1) is 23.0 Å². The van der Waals surface area contributed by atoms with Crippen molar-refractivity contribution in [2.24, 2.45) is 0 Å². The standard InChI is InChI=1S/C23H22N2O5S/c1-28-9-10-29-23(27)13-25-19-12-17(7-8-20(19)30-14-22(25)26)18-15-31-21(24-18)11-16-5-3-2-4-6-16/h2-8,12,15H,9-11,13-14H2,1H3. The number of nitrogens with zero attached hydrogens (tertiary/aromatic N) is 2. The van der Waals surface area contributed by atoms with Crippen LogP contribution in [-0.4, -0.2) is 50.3 Å². The molecule has 160 valence electrons. The van der Waals surface area contributed by atoms with E-state index >= 15 is 0 Å². The molecular weight excluding hydrogens is 416 g/mol. The molecule has 1 aromatic heterocycles. The Morgan fingerprint density at radius 3 is 2.84 bits per heavy atom. The summed E-state index contributed by atoms with van der Waals surface area (Å²) in [4.78, 5) is 30.7. The lowest BCUT2D eigenvalue weighted by molar-refractivity contribution is -0.144. The number of methoxy groups -OCH3 is 1. The average molecular weight is 439 g/mol. The van der Waals surface area contributed by atoms with Gasteiger partial charge in [-0.1, -0.05) is 30.3 Å². The lowest BCUT2D eigenvalue weighted by Gasteiger charge is -2.29. The van der Waals surface area contributed by atoms with Crippen LogP contribution >= 0.6 is 11.3 Å². The normalized spacial score (nSPS) is 12.9. The molecule has 2 aromatic carbocycles. The van der Waals surface area contributed by atoms with E-state index in [1.807, 2.05) is 35.7 Å². The molecule has 31 heavy (non-hydrogen) atoms. The zero-order chi connectivity index (χ0) is 21.6. The number of esters is 1. The number of ether oxygens (including phenoxy) is 3. The highest BCUT2D eigenvalue weighted by molar-refractivity contribution is 7.10. The number of hydrogen-bond donors (Lipinski definition) is 0. The molecule has 0 fully saturated rings. The van der Waals surface area contributed by atoms with Crippen molar-refractivity contribution < 1.29 is 23.8 Å². The zero-order valence-corrected chi connectivity index (χ0v) is 17.9. The molecule has 1 amide bonds. The first-order chi connectivity index (χ1) is 15.1. The first kappa shape index (κ1) is 21.0. The van der Waals surface area contributed by atoms with E-state index in [1.54, 1.807) is 17.4 Å². The Balaban J connectivity index is 1.53. The van der Waals surface area contributed by atoms with E-state index in [9.17, 15) is 9.59 Å². The molecule has 0 bridgehead atoms. The molecule has 1 aliphatic rings. The highest BCUT2D eigenvalue weighted by atomic mass is 32.1. The fourth-order valence-electron chi connectivity index (χ4n) is 3.24. The van der Waals surface area contributed by atoms with Crippen molar-refractivity contribution in [3.05, 3.63) is 64.5 Å². The summed E-state index contributed by atoms with van der Waals surface area (Å²) in [6, 6.07) is 15.7. The molecule has 8 heteroatoms. The van der Waals surface area contributed by atoms with E-state index in [4.69, 9.17) is 19.2 Å². The quantitative estimate of drug-likeness (QED) is 0.397. The maximum atomic E-state index is 12.4. The van der Waals surface area contributed by atoms with Crippen LogP contribution in [0.4, 0.5) is 5.69 Å². The SMILES string of the molecule is COCCOC(=O)CN1C(=O)COc2ccc(-c3csc(Cc4ccccc4)n3)cc21. The second-order valence-corrected chi connectivity index (χ2v) is 7.90. The molecule has 0 radical (unpaired) electrons. The number of thiazole rings is 1. The fraction of sp³-hybridized carbons (Fsp3) is 0.261. The predicted molar refractivity (Wildman–Crippen MR) is 117 cm³/mol. The molecule has 7 nitrogen and oxygen atoms in total. The second-order valence-electron chi connectivity index (χ2n) is 6.95. The van der Waals surface area contributed by atoms with Crippen LogP contribution in [0.5, 0.6) is 5.75 Å². The summed E-state index contributed by atoms with van der Waals surface area (Å²) in [5.41, 5.74) is 3.41. The highest BCUT2D eigenvalue weighted by Gasteiger charge is 2.28. The molecule has 0 aliphatic carbocycles. The summed E-state index contributed by atoms with van der Waals surface area (Å²) in [6.07, 6.45) is 0.761. The van der Waals surface area contributed by atoms with Crippen molar-refractivity contribution in [3.8, 4) is 17.0 Å². The molecule has 0 spiro atoms. The first-order valence-corrected chi connectivity index (χ1v) is 10.7. The van der Waals surface area contributed by atoms with Crippen molar-refractivity contribution in [2.45, 2.75) is 6.42 Å². The van der Waals surface area contributed by atoms with Crippen LogP contribution in [0, 0.1) is 0 Å². The van der Waals surface area contributed by atoms with E-state index in [0.717, 1.165) is 22.7 Å². The van der Waals surface area contributed by atoms with Gasteiger partial charge in [0, 0.05) is 24.5 Å². The van der Waals surface area contributed by atoms with E-state index < -0.39 is 5.97 Å². The molecule has 4 rings (SSSR count). The number of hydrogen-bond acceptors (Lipinski definition) is 7. The van der Waals surface area contributed by atoms with Gasteiger partial charge >= 0.3 is 5.97 Å². The van der Waals surface area contributed by atoms with Gasteiger partial charge in [-0.2, -0.15) is 0 Å². The molecule has 0 unspecified atom stereocenters. The monoisotopic (exact) mass is 438 g/mol. The number of rotatable bonds is 8. The number of fused-ring (bicyclic) bond motifs is 1. The van der Waals surface area contributed by atoms with E-state index in [2.05, 4.69) is 12.1 Å². The van der Waals surface area contributed by atoms with Gasteiger partial charge in [-0.15, -0.1) is 11.3 Å². The Morgan fingerprint density at radius 2 is 2.03 bits per heavy atom. The molecular formula is C23H22N2O5S. The predicted octanol–water partition coefficient (Wildman–Crippen LogP) is 3.32. The van der Waals surface area contributed by atoms with Gasteiger partial charge in [0.2, 0.25) is 0 Å². The molecule has 0 atom stereocenters. The number of amides is 1. The number of anilines is 1. The fourth-order valence-corrected chi connectivity index (χ4v) is 4.08. The van der Waals surface area contributed by atoms with Gasteiger partial charge in [-0.05, 0) is 23.8 Å². The van der Waals surface area contributed by atoms with Crippen molar-refractivity contribution >= 4 is 28.9 Å². The Kier molecular flexibility index (Phi) is 6.59. The highest BCUT2D eigenvalue weighted by Crippen LogP contribution is 2.36. The van der Waals surface area contributed by atoms with Crippen LogP contribution in [-0.2, 0) is 25.5 Å². The summed E-state index contributed by atoms with van der Waals surface area (Å²) in [5, 5.41) is 3.00. The van der Waals surface area contributed by atoms with Gasteiger partial charge in [-0.3, -0.25) is 14.5 Å². The number of aromatic nitrogens is 1. The van der Waals surface area contributed by atoms with E-state index in [1.165, 1.54) is 17.6 Å². The smallest absolute Gasteiger partial charge is 0.326 e. The van der Waals surface area contributed by atoms with Crippen molar-refractivity contribution in [1.82, 2.24) is 4.98 Å². The Bertz CT molecular complexity index is 1070. The third-order valence-electron chi connectivity index (χ3n) is 4.79. The van der Waals surface area contributed by atoms with Crippen LogP contribution in [0.15, 0.2) is 53.9 Å². The molecule has 3 aromatic rings. The number of carbonyl (C=O) groups is 2. The number of carbonyl (C=O) groups excluding carboxylic acids is 2. The Labute approximate surface area is 184 Å². The molecule has 0 N–H and O–H groups in total. The summed E-state index contributed by atoms with van der Waals surface area (Å²) < 4.78 is 15.5. The van der Waals surface area contributed by atoms with Gasteiger partial charge < -0.3 is 14.2 Å². The summed E-state index contributed by atoms with van der Waals surface area (Å²) >= 11 is 1.59. The lowest BCUT2D eigenvalue weighted by atomic mass is 10.1. The van der Waals surface area contributed by atoms with Crippen molar-refractivity contribution in [3.63, 3.8) is 0 Å². The molecule has 0 saturated carbocycles. The van der Waals surface area contributed by atoms with Crippen LogP contribution < -0.4 is 9.64 Å². The minimum Gasteiger partial charge on any atom is -0.482 e. The molecule has 2 heterocycles. The first-order valence-electron chi connectivity index (χ1n) is 9.84. The van der Waals surface area contributed by atoms with Gasteiger partial charge in [0.15, 0.2) is 6.61 Å². The summed E-state index contributed by atoms with van der Waals surface area (Å²) in [5.74, 6) is -0.244. The minimum atomic E-state index is -0.498. The second kappa shape index (κ2) is 9.72. The topological polar surface area (TPSA) is 78.0 Å². The van der Waals surface area contributed by atoms with Crippen LogP contribution in [0.1, 0.15) is 10.6 Å². The minimum absolute atomic E-state index is 0.115. The largest absolute Gasteiger partial charge is 0.482 e. The van der Waals surface area contributed by atoms with Crippen LogP contribution in [0.2, 0.25) is 0 Å². The lowest BCUT2D eigenvalue weighted by Crippen LogP contribution is -2.42. The third-order valence-corrected chi connectivity index (χ3v) is 5.63. The van der Waals surface area contributed by atoms with Gasteiger partial charge in [0.1, 0.15) is 18.9 Å². The molecule has 1 aliphatic heterocycles. The maximum Gasteiger partial charge on any atom is 0.326 e. The van der Waals surface area contributed by atoms with Crippen molar-refractivity contribution in [1.29, 1.82) is 0 Å². The van der Waals surface area contributed by atoms with Crippen LogP contribution in [0.25, 0.3) is 11.3 Å². The van der Waals surface area contributed by atoms with E-state index in [-0.39, 0.29) is 25.7 Å². The Hall–Kier alpha value is -3.23. The molecule has 0 saturated heterocycles. The van der Waals surface area contributed by atoms with Gasteiger partial charge in [0.25, 0.3) is 5.91 Å². The van der Waals surface area contributed by atoms with Crippen molar-refractivity contribution in [2.75, 3.05) is 38.4 Å². The van der Waals surface area contributed by atoms with E-state index in [0.29, 0.717) is 18.0 Å². The average Bonchev–Trinajstić information content (AvgIpc) is 3.25. The summed E-state index contributed by atoms with van der Waals surface area (Å²) in [7, 11) is 1.53. The third kappa shape index (κ3) is 5.10. The van der Waals surface area contributed by atoms with Crippen LogP contribution in [0.3, 0.4) is 0 Å². The maximum absolute atomic E-state index is 12.4. The summed E-state index contributed by atoms with van der Waals surface area (Å²) in [6.45, 7) is 0.150.